The van der Waals surface area contributed by atoms with E-state index in [1.54, 1.807) is 0 Å². The molecule has 1 saturated carbocycles. The highest BCUT2D eigenvalue weighted by molar-refractivity contribution is 5.67. The highest BCUT2D eigenvalue weighted by Crippen LogP contribution is 2.34. The normalized spacial score (nSPS) is 21.1. The smallest absolute Gasteiger partial charge is 0.304 e. The second-order valence-electron chi connectivity index (χ2n) is 4.02. The highest BCUT2D eigenvalue weighted by atomic mass is 16.4. The fourth-order valence-electron chi connectivity index (χ4n) is 1.53. The highest BCUT2D eigenvalue weighted by Gasteiger charge is 2.32. The number of rotatable bonds is 6. The molecule has 1 rings (SSSR count). The average molecular weight is 185 g/mol. The van der Waals surface area contributed by atoms with Crippen molar-refractivity contribution in [1.29, 1.82) is 0 Å². The minimum atomic E-state index is -0.687. The molecule has 0 bridgehead atoms. The van der Waals surface area contributed by atoms with Crippen molar-refractivity contribution in [1.82, 2.24) is 5.32 Å². The predicted octanol–water partition coefficient (Wildman–Crippen LogP) is 1.63. The minimum absolute atomic E-state index is 0.201. The molecule has 0 amide bonds. The van der Waals surface area contributed by atoms with E-state index >= 15 is 0 Å². The van der Waals surface area contributed by atoms with Gasteiger partial charge >= 0.3 is 5.97 Å². The zero-order chi connectivity index (χ0) is 9.84. The Balaban J connectivity index is 2.33. The van der Waals surface area contributed by atoms with E-state index < -0.39 is 5.97 Å². The van der Waals surface area contributed by atoms with Crippen LogP contribution in [0.2, 0.25) is 0 Å². The van der Waals surface area contributed by atoms with Crippen molar-refractivity contribution in [3.05, 3.63) is 0 Å². The molecule has 2 unspecified atom stereocenters. The molecule has 0 aromatic carbocycles. The molecular formula is C10H19NO2. The number of aliphatic carboxylic acids is 1. The topological polar surface area (TPSA) is 49.3 Å². The van der Waals surface area contributed by atoms with Crippen LogP contribution in [0.3, 0.4) is 0 Å². The average Bonchev–Trinajstić information content (AvgIpc) is 2.84. The third kappa shape index (κ3) is 3.77. The molecule has 3 heteroatoms. The van der Waals surface area contributed by atoms with Crippen LogP contribution >= 0.6 is 0 Å². The Morgan fingerprint density at radius 2 is 2.23 bits per heavy atom. The maximum atomic E-state index is 10.6. The second-order valence-corrected chi connectivity index (χ2v) is 4.02. The molecule has 0 aliphatic heterocycles. The third-order valence-electron chi connectivity index (χ3n) is 2.70. The van der Waals surface area contributed by atoms with E-state index in [1.807, 2.05) is 0 Å². The first kappa shape index (κ1) is 10.5. The van der Waals surface area contributed by atoms with Gasteiger partial charge in [0.05, 0.1) is 6.42 Å². The van der Waals surface area contributed by atoms with Crippen LogP contribution in [0.25, 0.3) is 0 Å². The molecule has 2 atom stereocenters. The maximum absolute atomic E-state index is 10.6. The van der Waals surface area contributed by atoms with E-state index in [9.17, 15) is 4.79 Å². The van der Waals surface area contributed by atoms with Crippen molar-refractivity contribution in [2.75, 3.05) is 0 Å². The number of carboxylic acid groups (broad SMARTS) is 1. The molecule has 0 aromatic rings. The van der Waals surface area contributed by atoms with Gasteiger partial charge in [-0.2, -0.15) is 0 Å². The van der Waals surface area contributed by atoms with E-state index in [-0.39, 0.29) is 12.5 Å². The second kappa shape index (κ2) is 4.61. The number of carboxylic acids is 1. The quantitative estimate of drug-likeness (QED) is 0.661. The van der Waals surface area contributed by atoms with Gasteiger partial charge in [0, 0.05) is 12.1 Å². The lowest BCUT2D eigenvalue weighted by Crippen LogP contribution is -2.39. The molecular weight excluding hydrogens is 166 g/mol. The number of carbonyl (C=O) groups is 1. The standard InChI is InChI=1S/C10H19NO2/c1-3-7(2)11-9(6-10(12)13)8-4-5-8/h7-9,11H,3-6H2,1-2H3,(H,12,13). The molecule has 2 N–H and O–H groups in total. The largest absolute Gasteiger partial charge is 0.481 e. The number of nitrogens with one attached hydrogen (secondary N) is 1. The lowest BCUT2D eigenvalue weighted by molar-refractivity contribution is -0.137. The van der Waals surface area contributed by atoms with Crippen LogP contribution in [0.4, 0.5) is 0 Å². The van der Waals surface area contributed by atoms with Crippen LogP contribution < -0.4 is 5.32 Å². The zero-order valence-electron chi connectivity index (χ0n) is 8.42. The van der Waals surface area contributed by atoms with Gasteiger partial charge in [-0.1, -0.05) is 6.92 Å². The van der Waals surface area contributed by atoms with Crippen molar-refractivity contribution >= 4 is 5.97 Å². The van der Waals surface area contributed by atoms with Crippen molar-refractivity contribution in [3.8, 4) is 0 Å². The Kier molecular flexibility index (Phi) is 3.72. The van der Waals surface area contributed by atoms with Gasteiger partial charge in [-0.05, 0) is 32.1 Å². The molecule has 0 saturated heterocycles. The summed E-state index contributed by atoms with van der Waals surface area (Å²) in [5.74, 6) is -0.0715. The number of hydrogen-bond acceptors (Lipinski definition) is 2. The summed E-state index contributed by atoms with van der Waals surface area (Å²) >= 11 is 0. The Labute approximate surface area is 79.5 Å². The van der Waals surface area contributed by atoms with Gasteiger partial charge in [0.15, 0.2) is 0 Å². The summed E-state index contributed by atoms with van der Waals surface area (Å²) in [5, 5.41) is 12.1. The first-order chi connectivity index (χ1) is 6.13. The molecule has 0 spiro atoms. The van der Waals surface area contributed by atoms with E-state index in [2.05, 4.69) is 19.2 Å². The van der Waals surface area contributed by atoms with Crippen molar-refractivity contribution in [2.45, 2.75) is 51.6 Å². The Morgan fingerprint density at radius 1 is 1.62 bits per heavy atom. The predicted molar refractivity (Wildman–Crippen MR) is 51.7 cm³/mol. The lowest BCUT2D eigenvalue weighted by atomic mass is 10.1. The van der Waals surface area contributed by atoms with E-state index in [0.717, 1.165) is 6.42 Å². The van der Waals surface area contributed by atoms with Gasteiger partial charge in [-0.15, -0.1) is 0 Å². The van der Waals surface area contributed by atoms with Gasteiger partial charge in [-0.3, -0.25) is 4.79 Å². The molecule has 13 heavy (non-hydrogen) atoms. The fourth-order valence-corrected chi connectivity index (χ4v) is 1.53. The molecule has 1 fully saturated rings. The van der Waals surface area contributed by atoms with Crippen molar-refractivity contribution in [3.63, 3.8) is 0 Å². The molecule has 0 heterocycles. The lowest BCUT2D eigenvalue weighted by Gasteiger charge is -2.20. The summed E-state index contributed by atoms with van der Waals surface area (Å²) in [7, 11) is 0. The van der Waals surface area contributed by atoms with Crippen LogP contribution in [0.1, 0.15) is 39.5 Å². The Morgan fingerprint density at radius 3 is 2.62 bits per heavy atom. The number of hydrogen-bond donors (Lipinski definition) is 2. The van der Waals surface area contributed by atoms with Gasteiger partial charge in [0.25, 0.3) is 0 Å². The fraction of sp³-hybridized carbons (Fsp3) is 0.900. The van der Waals surface area contributed by atoms with Crippen LogP contribution in [0.5, 0.6) is 0 Å². The van der Waals surface area contributed by atoms with Gasteiger partial charge in [-0.25, -0.2) is 0 Å². The minimum Gasteiger partial charge on any atom is -0.481 e. The maximum Gasteiger partial charge on any atom is 0.304 e. The SMILES string of the molecule is CCC(C)NC(CC(=O)O)C1CC1. The first-order valence-corrected chi connectivity index (χ1v) is 5.11. The molecule has 3 nitrogen and oxygen atoms in total. The monoisotopic (exact) mass is 185 g/mol. The van der Waals surface area contributed by atoms with Crippen LogP contribution in [-0.4, -0.2) is 23.2 Å². The Hall–Kier alpha value is -0.570. The summed E-state index contributed by atoms with van der Waals surface area (Å²) in [6.07, 6.45) is 3.72. The summed E-state index contributed by atoms with van der Waals surface area (Å²) in [4.78, 5) is 10.6. The summed E-state index contributed by atoms with van der Waals surface area (Å²) in [5.41, 5.74) is 0. The molecule has 1 aliphatic rings. The summed E-state index contributed by atoms with van der Waals surface area (Å²) in [6.45, 7) is 4.22. The van der Waals surface area contributed by atoms with Gasteiger partial charge in [0.2, 0.25) is 0 Å². The Bertz CT molecular complexity index is 178. The molecule has 1 aliphatic carbocycles. The van der Waals surface area contributed by atoms with Crippen molar-refractivity contribution in [2.24, 2.45) is 5.92 Å². The van der Waals surface area contributed by atoms with Gasteiger partial charge < -0.3 is 10.4 Å². The molecule has 76 valence electrons. The molecule has 0 aromatic heterocycles. The van der Waals surface area contributed by atoms with Crippen LogP contribution in [0.15, 0.2) is 0 Å². The van der Waals surface area contributed by atoms with Gasteiger partial charge in [0.1, 0.15) is 0 Å². The third-order valence-corrected chi connectivity index (χ3v) is 2.70. The van der Waals surface area contributed by atoms with Crippen LogP contribution in [0, 0.1) is 5.92 Å². The first-order valence-electron chi connectivity index (χ1n) is 5.11. The summed E-state index contributed by atoms with van der Waals surface area (Å²) in [6, 6.07) is 0.636. The van der Waals surface area contributed by atoms with E-state index in [0.29, 0.717) is 12.0 Å². The summed E-state index contributed by atoms with van der Waals surface area (Å²) < 4.78 is 0. The zero-order valence-corrected chi connectivity index (χ0v) is 8.42. The van der Waals surface area contributed by atoms with E-state index in [4.69, 9.17) is 5.11 Å². The van der Waals surface area contributed by atoms with Crippen LogP contribution in [-0.2, 0) is 4.79 Å². The van der Waals surface area contributed by atoms with Crippen molar-refractivity contribution < 1.29 is 9.90 Å². The van der Waals surface area contributed by atoms with E-state index in [1.165, 1.54) is 12.8 Å². The molecule has 0 radical (unpaired) electrons.